The second-order valence-corrected chi connectivity index (χ2v) is 6.83. The van der Waals surface area contributed by atoms with Crippen LogP contribution >= 0.6 is 11.6 Å². The quantitative estimate of drug-likeness (QED) is 0.689. The van der Waals surface area contributed by atoms with E-state index < -0.39 is 6.04 Å². The van der Waals surface area contributed by atoms with E-state index in [1.807, 2.05) is 13.0 Å². The molecule has 0 saturated heterocycles. The number of nitrogens with zero attached hydrogens (tertiary/aromatic N) is 2. The maximum Gasteiger partial charge on any atom is 0.291 e. The van der Waals surface area contributed by atoms with E-state index in [9.17, 15) is 9.59 Å². The Kier molecular flexibility index (Phi) is 4.45. The summed E-state index contributed by atoms with van der Waals surface area (Å²) in [5, 5.41) is 0.830. The monoisotopic (exact) mass is 384 g/mol. The summed E-state index contributed by atoms with van der Waals surface area (Å²) in [7, 11) is 1.56. The van der Waals surface area contributed by atoms with E-state index in [1.165, 1.54) is 0 Å². The lowest BCUT2D eigenvalue weighted by molar-refractivity contribution is 0.0660. The highest BCUT2D eigenvalue weighted by molar-refractivity contribution is 6.32. The molecule has 1 aromatic carbocycles. The number of aryl methyl sites for hydroxylation is 1. The highest BCUT2D eigenvalue weighted by atomic mass is 35.5. The van der Waals surface area contributed by atoms with Crippen molar-refractivity contribution < 1.29 is 13.9 Å². The Morgan fingerprint density at radius 2 is 2.11 bits per heavy atom. The van der Waals surface area contributed by atoms with E-state index in [2.05, 4.69) is 4.98 Å². The first-order valence-electron chi connectivity index (χ1n) is 8.50. The van der Waals surface area contributed by atoms with Crippen LogP contribution in [-0.4, -0.2) is 36.1 Å². The number of hydrogen-bond acceptors (Lipinski definition) is 5. The lowest BCUT2D eigenvalue weighted by Gasteiger charge is -2.23. The fraction of sp³-hybridized carbons (Fsp3) is 0.250. The van der Waals surface area contributed by atoms with E-state index in [0.717, 1.165) is 5.56 Å². The van der Waals surface area contributed by atoms with Crippen LogP contribution in [0.2, 0.25) is 5.02 Å². The molecule has 138 valence electrons. The highest BCUT2D eigenvalue weighted by Gasteiger charge is 2.43. The van der Waals surface area contributed by atoms with Gasteiger partial charge in [-0.2, -0.15) is 0 Å². The molecular formula is C20H17ClN2O4. The van der Waals surface area contributed by atoms with Gasteiger partial charge in [-0.05, 0) is 36.8 Å². The van der Waals surface area contributed by atoms with Crippen molar-refractivity contribution in [1.29, 1.82) is 0 Å². The zero-order valence-corrected chi connectivity index (χ0v) is 15.6. The molecular weight excluding hydrogens is 368 g/mol. The first-order valence-corrected chi connectivity index (χ1v) is 8.88. The number of benzene rings is 1. The van der Waals surface area contributed by atoms with E-state index in [0.29, 0.717) is 40.4 Å². The van der Waals surface area contributed by atoms with Crippen molar-refractivity contribution in [2.24, 2.45) is 0 Å². The molecule has 0 aliphatic carbocycles. The molecule has 1 aliphatic rings. The van der Waals surface area contributed by atoms with Crippen LogP contribution in [0.1, 0.15) is 33.4 Å². The minimum Gasteiger partial charge on any atom is -0.450 e. The molecule has 27 heavy (non-hydrogen) atoms. The predicted octanol–water partition coefficient (Wildman–Crippen LogP) is 3.34. The van der Waals surface area contributed by atoms with Crippen LogP contribution in [0.4, 0.5) is 0 Å². The summed E-state index contributed by atoms with van der Waals surface area (Å²) in [6.07, 6.45) is 1.63. The molecule has 2 aromatic heterocycles. The lowest BCUT2D eigenvalue weighted by Crippen LogP contribution is -2.33. The molecule has 1 unspecified atom stereocenters. The average Bonchev–Trinajstić information content (AvgIpc) is 2.95. The molecule has 1 amide bonds. The Morgan fingerprint density at radius 3 is 2.81 bits per heavy atom. The number of carbonyl (C=O) groups is 1. The van der Waals surface area contributed by atoms with Gasteiger partial charge in [0.15, 0.2) is 5.43 Å². The maximum absolute atomic E-state index is 13.3. The molecule has 4 rings (SSSR count). The second kappa shape index (κ2) is 6.79. The minimum absolute atomic E-state index is 0.0565. The first kappa shape index (κ1) is 17.7. The van der Waals surface area contributed by atoms with E-state index in [4.69, 9.17) is 20.8 Å². The van der Waals surface area contributed by atoms with Gasteiger partial charge in [0.1, 0.15) is 11.6 Å². The van der Waals surface area contributed by atoms with Crippen LogP contribution in [0.25, 0.3) is 11.0 Å². The third-order valence-electron chi connectivity index (χ3n) is 4.75. The Morgan fingerprint density at radius 1 is 1.30 bits per heavy atom. The Labute approximate surface area is 160 Å². The lowest BCUT2D eigenvalue weighted by atomic mass is 10.0. The topological polar surface area (TPSA) is 72.6 Å². The van der Waals surface area contributed by atoms with Crippen LogP contribution in [0, 0.1) is 6.92 Å². The van der Waals surface area contributed by atoms with Crippen molar-refractivity contribution in [1.82, 2.24) is 9.88 Å². The number of rotatable bonds is 4. The average molecular weight is 385 g/mol. The Hall–Kier alpha value is -2.70. The molecule has 0 fully saturated rings. The number of ether oxygens (including phenoxy) is 1. The van der Waals surface area contributed by atoms with Crippen LogP contribution in [0.3, 0.4) is 0 Å². The summed E-state index contributed by atoms with van der Waals surface area (Å²) in [4.78, 5) is 32.2. The minimum atomic E-state index is -0.621. The van der Waals surface area contributed by atoms with Crippen molar-refractivity contribution >= 4 is 28.5 Å². The Bertz CT molecular complexity index is 1090. The molecule has 3 heterocycles. The number of carbonyl (C=O) groups excluding carboxylic acids is 1. The molecule has 0 spiro atoms. The SMILES string of the molecule is COCCN1C(=O)c2oc3cc(C)c(Cl)cc3c(=O)c2C1c1ccccn1. The Balaban J connectivity index is 1.99. The molecule has 0 radical (unpaired) electrons. The molecule has 0 saturated carbocycles. The van der Waals surface area contributed by atoms with Crippen LogP contribution in [0.15, 0.2) is 45.7 Å². The summed E-state index contributed by atoms with van der Waals surface area (Å²) < 4.78 is 11.0. The van der Waals surface area contributed by atoms with Crippen molar-refractivity contribution in [3.05, 3.63) is 74.4 Å². The van der Waals surface area contributed by atoms with Crippen LogP contribution in [0.5, 0.6) is 0 Å². The molecule has 6 nitrogen and oxygen atoms in total. The molecule has 1 aliphatic heterocycles. The van der Waals surface area contributed by atoms with Crippen molar-refractivity contribution in [3.8, 4) is 0 Å². The largest absolute Gasteiger partial charge is 0.450 e. The zero-order valence-electron chi connectivity index (χ0n) is 14.9. The number of methoxy groups -OCH3 is 1. The highest BCUT2D eigenvalue weighted by Crippen LogP contribution is 2.37. The number of pyridine rings is 1. The van der Waals surface area contributed by atoms with Crippen molar-refractivity contribution in [3.63, 3.8) is 0 Å². The smallest absolute Gasteiger partial charge is 0.291 e. The van der Waals surface area contributed by atoms with Gasteiger partial charge in [-0.3, -0.25) is 14.6 Å². The number of hydrogen-bond donors (Lipinski definition) is 0. The van der Waals surface area contributed by atoms with Gasteiger partial charge >= 0.3 is 0 Å². The summed E-state index contributed by atoms with van der Waals surface area (Å²) in [6.45, 7) is 2.47. The van der Waals surface area contributed by atoms with E-state index in [-0.39, 0.29) is 17.1 Å². The maximum atomic E-state index is 13.3. The van der Waals surface area contributed by atoms with Gasteiger partial charge < -0.3 is 14.1 Å². The van der Waals surface area contributed by atoms with E-state index in [1.54, 1.807) is 42.5 Å². The molecule has 0 bridgehead atoms. The molecule has 3 aromatic rings. The van der Waals surface area contributed by atoms with Gasteiger partial charge in [-0.15, -0.1) is 0 Å². The van der Waals surface area contributed by atoms with Crippen molar-refractivity contribution in [2.75, 3.05) is 20.3 Å². The van der Waals surface area contributed by atoms with E-state index >= 15 is 0 Å². The van der Waals surface area contributed by atoms with Crippen molar-refractivity contribution in [2.45, 2.75) is 13.0 Å². The summed E-state index contributed by atoms with van der Waals surface area (Å²) in [5.41, 5.74) is 1.75. The van der Waals surface area contributed by atoms with Gasteiger partial charge in [0, 0.05) is 24.9 Å². The molecule has 0 N–H and O–H groups in total. The third-order valence-corrected chi connectivity index (χ3v) is 5.16. The fourth-order valence-corrected chi connectivity index (χ4v) is 3.57. The standard InChI is InChI=1S/C20H17ClN2O4/c1-11-9-15-12(10-13(11)21)18(24)16-17(14-5-3-4-6-22-14)23(7-8-26-2)20(25)19(16)27-15/h3-6,9-10,17H,7-8H2,1-2H3. The zero-order chi connectivity index (χ0) is 19.1. The second-order valence-electron chi connectivity index (χ2n) is 6.42. The molecule has 7 heteroatoms. The summed E-state index contributed by atoms with van der Waals surface area (Å²) >= 11 is 6.20. The third kappa shape index (κ3) is 2.81. The number of halogens is 1. The normalized spacial score (nSPS) is 16.2. The summed E-state index contributed by atoms with van der Waals surface area (Å²) in [6, 6.07) is 8.05. The van der Waals surface area contributed by atoms with Gasteiger partial charge in [-0.25, -0.2) is 0 Å². The predicted molar refractivity (Wildman–Crippen MR) is 101 cm³/mol. The molecule has 1 atom stereocenters. The van der Waals surface area contributed by atoms with Gasteiger partial charge in [0.05, 0.1) is 23.3 Å². The van der Waals surface area contributed by atoms with Crippen LogP contribution in [-0.2, 0) is 4.74 Å². The van der Waals surface area contributed by atoms with Gasteiger partial charge in [0.25, 0.3) is 5.91 Å². The number of fused-ring (bicyclic) bond motifs is 2. The first-order chi connectivity index (χ1) is 13.0. The van der Waals surface area contributed by atoms with Gasteiger partial charge in [0.2, 0.25) is 5.76 Å². The summed E-state index contributed by atoms with van der Waals surface area (Å²) in [5.74, 6) is -0.287. The number of aromatic nitrogens is 1. The van der Waals surface area contributed by atoms with Gasteiger partial charge in [-0.1, -0.05) is 17.7 Å². The van der Waals surface area contributed by atoms with Crippen LogP contribution < -0.4 is 5.43 Å². The number of amides is 1. The fourth-order valence-electron chi connectivity index (χ4n) is 3.41.